The van der Waals surface area contributed by atoms with Gasteiger partial charge in [0.15, 0.2) is 0 Å². The average molecular weight is 920 g/mol. The summed E-state index contributed by atoms with van der Waals surface area (Å²) in [4.78, 5) is 4.69. The fraction of sp³-hybridized carbons (Fsp3) is 0.438. The molecule has 0 bridgehead atoms. The van der Waals surface area contributed by atoms with Crippen LogP contribution in [0.5, 0.6) is 0 Å². The van der Waals surface area contributed by atoms with Crippen molar-refractivity contribution in [1.29, 1.82) is 0 Å². The Morgan fingerprint density at radius 2 is 1.01 bits per heavy atom. The van der Waals surface area contributed by atoms with Gasteiger partial charge < -0.3 is 9.80 Å². The normalized spacial score (nSPS) is 22.3. The summed E-state index contributed by atoms with van der Waals surface area (Å²) in [5.41, 5.74) is 16.1. The van der Waals surface area contributed by atoms with Gasteiger partial charge in [0.05, 0.1) is 21.0 Å². The molecular weight excluding hydrogens is 840 g/mol. The molecule has 0 fully saturated rings. The second-order valence-corrected chi connectivity index (χ2v) is 27.5. The van der Waals surface area contributed by atoms with Crippen molar-refractivity contribution in [2.24, 2.45) is 0 Å². The third-order valence-corrected chi connectivity index (χ3v) is 19.3. The van der Waals surface area contributed by atoms with Crippen molar-refractivity contribution in [2.45, 2.75) is 180 Å². The van der Waals surface area contributed by atoms with Crippen molar-refractivity contribution >= 4 is 88.7 Å². The molecule has 1 aromatic heterocycles. The summed E-state index contributed by atoms with van der Waals surface area (Å²) in [5, 5.41) is 1.09. The first-order chi connectivity index (χ1) is 34.7. The fourth-order valence-corrected chi connectivity index (χ4v) is 14.6. The van der Waals surface area contributed by atoms with Crippen LogP contribution in [0.25, 0.3) is 20.9 Å². The predicted molar refractivity (Wildman–Crippen MR) is 298 cm³/mol. The molecule has 12 rings (SSSR count). The van der Waals surface area contributed by atoms with Crippen molar-refractivity contribution < 1.29 is 9.60 Å². The lowest BCUT2D eigenvalue weighted by atomic mass is 9.35. The van der Waals surface area contributed by atoms with Crippen molar-refractivity contribution in [3.8, 4) is 0 Å². The summed E-state index contributed by atoms with van der Waals surface area (Å²) < 4.78 is 68.3. The molecule has 0 atom stereocenters. The van der Waals surface area contributed by atoms with E-state index in [2.05, 4.69) is 168 Å². The molecule has 2 aliphatic heterocycles. The van der Waals surface area contributed by atoms with E-state index in [0.717, 1.165) is 87.2 Å². The molecule has 0 saturated heterocycles. The molecule has 0 N–H and O–H groups in total. The molecular formula is C64H73BN2S. The Bertz CT molecular complexity index is 3710. The van der Waals surface area contributed by atoms with E-state index in [4.69, 9.17) is 2.74 Å². The molecule has 4 heteroatoms. The summed E-state index contributed by atoms with van der Waals surface area (Å²) in [5.74, 6) is 0. The van der Waals surface area contributed by atoms with Crippen LogP contribution in [0.3, 0.4) is 0 Å². The minimum absolute atomic E-state index is 0.0211. The Morgan fingerprint density at radius 3 is 1.63 bits per heavy atom. The lowest BCUT2D eigenvalue weighted by Crippen LogP contribution is -2.61. The van der Waals surface area contributed by atoms with Crippen LogP contribution in [-0.4, -0.2) is 6.71 Å². The highest BCUT2D eigenvalue weighted by atomic mass is 32.1. The van der Waals surface area contributed by atoms with Gasteiger partial charge in [-0.25, -0.2) is 0 Å². The molecule has 68 heavy (non-hydrogen) atoms. The van der Waals surface area contributed by atoms with Gasteiger partial charge in [0, 0.05) is 43.0 Å². The summed E-state index contributed by atoms with van der Waals surface area (Å²) in [6.45, 7) is 35.2. The Hall–Kier alpha value is -4.80. The lowest BCUT2D eigenvalue weighted by Gasteiger charge is -2.48. The molecule has 3 heterocycles. The Balaban J connectivity index is 1.31. The zero-order chi connectivity index (χ0) is 54.1. The quantitative estimate of drug-likeness (QED) is 0.159. The van der Waals surface area contributed by atoms with Gasteiger partial charge in [-0.3, -0.25) is 0 Å². The van der Waals surface area contributed by atoms with E-state index in [1.54, 1.807) is 0 Å². The van der Waals surface area contributed by atoms with Gasteiger partial charge in [0.25, 0.3) is 6.71 Å². The molecule has 2 nitrogen and oxygen atoms in total. The highest BCUT2D eigenvalue weighted by Crippen LogP contribution is 2.56. The SMILES string of the molecule is [2H]c1c([2H])c([2H])c2c(N3c4cc(C(C)(C)C)cc5c4B(c4cc6c(cc4N5c4ccc5c(c4)C(C)(C)CCC5(C)C)C(C)(C)CCC6(C)C)c4sc5cc6c(cc5c43)C(C)(C)CCC6(C)C)c([2H])c([2H])c([2H])c2c1[2H]. The highest BCUT2D eigenvalue weighted by molar-refractivity contribution is 7.33. The fourth-order valence-electron chi connectivity index (χ4n) is 13.2. The predicted octanol–water partition coefficient (Wildman–Crippen LogP) is 16.5. The van der Waals surface area contributed by atoms with E-state index in [1.165, 1.54) is 44.5 Å². The van der Waals surface area contributed by atoms with E-state index in [-0.39, 0.29) is 91.3 Å². The Kier molecular flexibility index (Phi) is 7.61. The first kappa shape index (κ1) is 37.1. The van der Waals surface area contributed by atoms with Gasteiger partial charge in [-0.2, -0.15) is 0 Å². The van der Waals surface area contributed by atoms with E-state index >= 15 is 0 Å². The third-order valence-electron chi connectivity index (χ3n) is 18.1. The van der Waals surface area contributed by atoms with Crippen LogP contribution in [0, 0.1) is 0 Å². The molecule has 6 aromatic carbocycles. The monoisotopic (exact) mass is 920 g/mol. The molecule has 0 spiro atoms. The smallest absolute Gasteiger partial charge is 0.264 e. The first-order valence-electron chi connectivity index (χ1n) is 28.9. The van der Waals surface area contributed by atoms with Crippen LogP contribution >= 0.6 is 11.3 Å². The molecule has 0 radical (unpaired) electrons. The Morgan fingerprint density at radius 1 is 0.500 bits per heavy atom. The minimum atomic E-state index is -0.452. The topological polar surface area (TPSA) is 6.48 Å². The third kappa shape index (κ3) is 6.26. The van der Waals surface area contributed by atoms with Crippen molar-refractivity contribution in [1.82, 2.24) is 0 Å². The van der Waals surface area contributed by atoms with Crippen molar-refractivity contribution in [3.63, 3.8) is 0 Å². The number of nitrogens with zero attached hydrogens (tertiary/aromatic N) is 2. The van der Waals surface area contributed by atoms with Gasteiger partial charge in [-0.05, 0) is 180 Å². The van der Waals surface area contributed by atoms with Crippen LogP contribution < -0.4 is 25.5 Å². The van der Waals surface area contributed by atoms with Crippen LogP contribution in [0.15, 0.2) is 96.9 Å². The zero-order valence-corrected chi connectivity index (χ0v) is 44.1. The zero-order valence-electron chi connectivity index (χ0n) is 50.3. The number of fused-ring (bicyclic) bond motifs is 10. The maximum atomic E-state index is 10.1. The number of benzene rings is 6. The van der Waals surface area contributed by atoms with Gasteiger partial charge in [0.1, 0.15) is 0 Å². The minimum Gasteiger partial charge on any atom is -0.311 e. The second kappa shape index (κ2) is 14.0. The molecule has 348 valence electrons. The van der Waals surface area contributed by atoms with Gasteiger partial charge in [-0.1, -0.05) is 152 Å². The van der Waals surface area contributed by atoms with Crippen LogP contribution in [-0.2, 0) is 37.9 Å². The molecule has 3 aliphatic carbocycles. The summed E-state index contributed by atoms with van der Waals surface area (Å²) in [7, 11) is 0. The second-order valence-electron chi connectivity index (χ2n) is 26.5. The van der Waals surface area contributed by atoms with Crippen LogP contribution in [0.2, 0.25) is 0 Å². The van der Waals surface area contributed by atoms with E-state index in [9.17, 15) is 6.85 Å². The van der Waals surface area contributed by atoms with E-state index < -0.39 is 12.1 Å². The summed E-state index contributed by atoms with van der Waals surface area (Å²) in [6, 6.07) is 19.4. The van der Waals surface area contributed by atoms with Crippen LogP contribution in [0.4, 0.5) is 34.1 Å². The standard InChI is InChI=1S/C64H73BN2S/c1-58(2,3)39-31-52-55-53(32-39)67(50-22-18-20-38-19-16-17-21-41(38)50)56-42-34-45-48(64(14,15)30-27-61(45,8)9)37-54(42)68-57(56)65(55)49-35-46-47(63(12,13)29-28-62(46,10)11)36-51(49)66(52)40-23-24-43-44(33-40)60(6,7)26-25-59(43,4)5/h16-24,31-37H,25-30H2,1-15H3/i16D,17D,18D,19D,20D,21D,22D. The van der Waals surface area contributed by atoms with Crippen molar-refractivity contribution in [3.05, 3.63) is 136 Å². The number of anilines is 6. The molecule has 0 amide bonds. The number of thiophene rings is 1. The number of rotatable bonds is 2. The van der Waals surface area contributed by atoms with Crippen molar-refractivity contribution in [2.75, 3.05) is 9.80 Å². The molecule has 7 aromatic rings. The maximum absolute atomic E-state index is 10.1. The molecule has 0 saturated carbocycles. The maximum Gasteiger partial charge on any atom is 0.264 e. The number of hydrogen-bond acceptors (Lipinski definition) is 3. The van der Waals surface area contributed by atoms with E-state index in [1.807, 2.05) is 11.3 Å². The van der Waals surface area contributed by atoms with E-state index in [0.29, 0.717) is 0 Å². The highest BCUT2D eigenvalue weighted by Gasteiger charge is 2.50. The average Bonchev–Trinajstić information content (AvgIpc) is 3.78. The largest absolute Gasteiger partial charge is 0.311 e. The Labute approximate surface area is 422 Å². The van der Waals surface area contributed by atoms with Crippen LogP contribution in [0.1, 0.15) is 191 Å². The number of hydrogen-bond donors (Lipinski definition) is 0. The lowest BCUT2D eigenvalue weighted by molar-refractivity contribution is 0.332. The van der Waals surface area contributed by atoms with Gasteiger partial charge in [-0.15, -0.1) is 11.3 Å². The summed E-state index contributed by atoms with van der Waals surface area (Å²) in [6.07, 6.45) is 6.44. The molecule has 5 aliphatic rings. The first-order valence-corrected chi connectivity index (χ1v) is 26.3. The summed E-state index contributed by atoms with van der Waals surface area (Å²) >= 11 is 1.81. The van der Waals surface area contributed by atoms with Gasteiger partial charge >= 0.3 is 0 Å². The van der Waals surface area contributed by atoms with Gasteiger partial charge in [0.2, 0.25) is 0 Å². The molecule has 0 unspecified atom stereocenters.